The smallest absolute Gasteiger partial charge is 0.148 e. The molecule has 1 rings (SSSR count). The summed E-state index contributed by atoms with van der Waals surface area (Å²) in [6, 6.07) is 1.92. The number of furan rings is 1. The van der Waals surface area contributed by atoms with Crippen LogP contribution in [-0.2, 0) is 22.9 Å². The molecular weight excluding hydrogens is 240 g/mol. The van der Waals surface area contributed by atoms with Crippen LogP contribution in [0.5, 0.6) is 0 Å². The van der Waals surface area contributed by atoms with Crippen LogP contribution in [0.3, 0.4) is 0 Å². The summed E-state index contributed by atoms with van der Waals surface area (Å²) in [5.74, 6) is 1.08. The van der Waals surface area contributed by atoms with E-state index in [9.17, 15) is 8.42 Å². The normalized spacial score (nSPS) is 12.2. The van der Waals surface area contributed by atoms with Gasteiger partial charge in [0.15, 0.2) is 0 Å². The molecule has 0 amide bonds. The molecule has 0 radical (unpaired) electrons. The minimum atomic E-state index is -2.90. The topological polar surface area (TPSA) is 62.6 Å². The molecule has 0 saturated carbocycles. The Labute approximate surface area is 103 Å². The molecule has 17 heavy (non-hydrogen) atoms. The van der Waals surface area contributed by atoms with Crippen molar-refractivity contribution in [2.45, 2.75) is 13.1 Å². The second kappa shape index (κ2) is 6.18. The lowest BCUT2D eigenvalue weighted by Gasteiger charge is -2.15. The second-order valence-electron chi connectivity index (χ2n) is 4.27. The van der Waals surface area contributed by atoms with Crippen LogP contribution in [0.2, 0.25) is 0 Å². The van der Waals surface area contributed by atoms with Crippen molar-refractivity contribution in [2.24, 2.45) is 0 Å². The predicted molar refractivity (Wildman–Crippen MR) is 67.5 cm³/mol. The maximum Gasteiger partial charge on any atom is 0.148 e. The molecule has 0 fully saturated rings. The van der Waals surface area contributed by atoms with Gasteiger partial charge in [0, 0.05) is 24.9 Å². The molecule has 98 valence electrons. The first-order chi connectivity index (χ1) is 7.92. The fraction of sp³-hybridized carbons (Fsp3) is 0.636. The Morgan fingerprint density at radius 2 is 2.18 bits per heavy atom. The van der Waals surface area contributed by atoms with Crippen molar-refractivity contribution in [1.82, 2.24) is 10.2 Å². The number of sulfone groups is 1. The highest BCUT2D eigenvalue weighted by atomic mass is 32.2. The zero-order valence-electron chi connectivity index (χ0n) is 10.6. The van der Waals surface area contributed by atoms with Crippen LogP contribution in [0.4, 0.5) is 0 Å². The maximum absolute atomic E-state index is 11.1. The van der Waals surface area contributed by atoms with Gasteiger partial charge in [-0.2, -0.15) is 0 Å². The van der Waals surface area contributed by atoms with Crippen molar-refractivity contribution in [3.63, 3.8) is 0 Å². The van der Waals surface area contributed by atoms with Gasteiger partial charge in [-0.3, -0.25) is 0 Å². The highest BCUT2D eigenvalue weighted by Crippen LogP contribution is 2.12. The van der Waals surface area contributed by atoms with Gasteiger partial charge in [-0.1, -0.05) is 0 Å². The monoisotopic (exact) mass is 260 g/mol. The zero-order chi connectivity index (χ0) is 12.9. The zero-order valence-corrected chi connectivity index (χ0v) is 11.4. The third kappa shape index (κ3) is 5.34. The summed E-state index contributed by atoms with van der Waals surface area (Å²) < 4.78 is 27.4. The van der Waals surface area contributed by atoms with E-state index in [1.165, 1.54) is 6.26 Å². The van der Waals surface area contributed by atoms with Gasteiger partial charge in [0.05, 0.1) is 18.6 Å². The van der Waals surface area contributed by atoms with Crippen LogP contribution >= 0.6 is 0 Å². The summed E-state index contributed by atoms with van der Waals surface area (Å²) in [5.41, 5.74) is 1.09. The summed E-state index contributed by atoms with van der Waals surface area (Å²) in [5, 5.41) is 3.03. The predicted octanol–water partition coefficient (Wildman–Crippen LogP) is 0.475. The summed E-state index contributed by atoms with van der Waals surface area (Å²) in [4.78, 5) is 1.98. The van der Waals surface area contributed by atoms with E-state index in [1.807, 2.05) is 25.1 Å². The first-order valence-corrected chi connectivity index (χ1v) is 7.54. The lowest BCUT2D eigenvalue weighted by Crippen LogP contribution is -2.25. The molecule has 1 aromatic rings. The van der Waals surface area contributed by atoms with Crippen molar-refractivity contribution in [3.8, 4) is 0 Å². The van der Waals surface area contributed by atoms with Gasteiger partial charge in [-0.15, -0.1) is 0 Å². The van der Waals surface area contributed by atoms with Crippen LogP contribution in [0.1, 0.15) is 11.3 Å². The number of nitrogens with one attached hydrogen (secondary N) is 1. The first-order valence-electron chi connectivity index (χ1n) is 5.48. The van der Waals surface area contributed by atoms with E-state index in [4.69, 9.17) is 4.42 Å². The molecule has 0 saturated heterocycles. The molecule has 6 heteroatoms. The van der Waals surface area contributed by atoms with E-state index in [1.54, 1.807) is 6.26 Å². The third-order valence-electron chi connectivity index (χ3n) is 2.46. The maximum atomic E-state index is 11.1. The minimum Gasteiger partial charge on any atom is -0.468 e. The van der Waals surface area contributed by atoms with Gasteiger partial charge in [0.2, 0.25) is 0 Å². The molecule has 5 nitrogen and oxygen atoms in total. The van der Waals surface area contributed by atoms with Crippen molar-refractivity contribution < 1.29 is 12.8 Å². The Morgan fingerprint density at radius 1 is 1.47 bits per heavy atom. The summed E-state index contributed by atoms with van der Waals surface area (Å²) in [6.07, 6.45) is 2.91. The van der Waals surface area contributed by atoms with Crippen molar-refractivity contribution in [3.05, 3.63) is 23.7 Å². The van der Waals surface area contributed by atoms with Gasteiger partial charge in [-0.05, 0) is 20.2 Å². The molecule has 0 aliphatic carbocycles. The molecule has 0 spiro atoms. The Kier molecular flexibility index (Phi) is 5.17. The van der Waals surface area contributed by atoms with E-state index in [0.29, 0.717) is 19.6 Å². The average molecular weight is 260 g/mol. The highest BCUT2D eigenvalue weighted by Gasteiger charge is 2.10. The fourth-order valence-electron chi connectivity index (χ4n) is 1.52. The van der Waals surface area contributed by atoms with Gasteiger partial charge in [0.25, 0.3) is 0 Å². The first kappa shape index (κ1) is 14.2. The fourth-order valence-corrected chi connectivity index (χ4v) is 2.16. The van der Waals surface area contributed by atoms with E-state index in [0.717, 1.165) is 11.3 Å². The number of hydrogen-bond acceptors (Lipinski definition) is 5. The number of hydrogen-bond donors (Lipinski definition) is 1. The van der Waals surface area contributed by atoms with Crippen molar-refractivity contribution in [1.29, 1.82) is 0 Å². The number of nitrogens with zero attached hydrogens (tertiary/aromatic N) is 1. The Hall–Kier alpha value is -0.850. The van der Waals surface area contributed by atoms with Crippen LogP contribution < -0.4 is 5.32 Å². The third-order valence-corrected chi connectivity index (χ3v) is 3.38. The molecule has 1 heterocycles. The van der Waals surface area contributed by atoms with E-state index in [-0.39, 0.29) is 5.75 Å². The van der Waals surface area contributed by atoms with Crippen LogP contribution in [-0.4, -0.2) is 46.0 Å². The quantitative estimate of drug-likeness (QED) is 0.772. The Bertz CT molecular complexity index is 439. The SMILES string of the molecule is CNCc1occc1CN(C)CCS(C)(=O)=O. The molecule has 0 aliphatic heterocycles. The van der Waals surface area contributed by atoms with Gasteiger partial charge < -0.3 is 14.6 Å². The van der Waals surface area contributed by atoms with Crippen molar-refractivity contribution in [2.75, 3.05) is 32.6 Å². The van der Waals surface area contributed by atoms with Crippen molar-refractivity contribution >= 4 is 9.84 Å². The molecular formula is C11H20N2O3S. The average Bonchev–Trinajstić information content (AvgIpc) is 2.63. The molecule has 1 aromatic heterocycles. The van der Waals surface area contributed by atoms with E-state index >= 15 is 0 Å². The minimum absolute atomic E-state index is 0.183. The number of rotatable bonds is 7. The van der Waals surface area contributed by atoms with Gasteiger partial charge in [0.1, 0.15) is 15.6 Å². The Morgan fingerprint density at radius 3 is 2.76 bits per heavy atom. The molecule has 0 unspecified atom stereocenters. The lowest BCUT2D eigenvalue weighted by molar-refractivity contribution is 0.341. The van der Waals surface area contributed by atoms with Crippen LogP contribution in [0.15, 0.2) is 16.7 Å². The van der Waals surface area contributed by atoms with E-state index < -0.39 is 9.84 Å². The second-order valence-corrected chi connectivity index (χ2v) is 6.53. The van der Waals surface area contributed by atoms with Gasteiger partial charge >= 0.3 is 0 Å². The van der Waals surface area contributed by atoms with Crippen LogP contribution in [0, 0.1) is 0 Å². The Balaban J connectivity index is 2.50. The van der Waals surface area contributed by atoms with Crippen LogP contribution in [0.25, 0.3) is 0 Å². The molecule has 0 aromatic carbocycles. The standard InChI is InChI=1S/C11H20N2O3S/c1-12-8-11-10(4-6-16-11)9-13(2)5-7-17(3,14)15/h4,6,12H,5,7-9H2,1-3H3. The molecule has 1 N–H and O–H groups in total. The summed E-state index contributed by atoms with van der Waals surface area (Å²) in [6.45, 7) is 1.91. The molecule has 0 bridgehead atoms. The summed E-state index contributed by atoms with van der Waals surface area (Å²) in [7, 11) is 0.869. The van der Waals surface area contributed by atoms with E-state index in [2.05, 4.69) is 5.32 Å². The summed E-state index contributed by atoms with van der Waals surface area (Å²) >= 11 is 0. The largest absolute Gasteiger partial charge is 0.468 e. The molecule has 0 atom stereocenters. The highest BCUT2D eigenvalue weighted by molar-refractivity contribution is 7.90. The lowest BCUT2D eigenvalue weighted by atomic mass is 10.2. The van der Waals surface area contributed by atoms with Gasteiger partial charge in [-0.25, -0.2) is 8.42 Å². The molecule has 0 aliphatic rings.